The van der Waals surface area contributed by atoms with Crippen LogP contribution >= 0.6 is 0 Å². The van der Waals surface area contributed by atoms with Crippen LogP contribution < -0.4 is 5.32 Å². The fraction of sp³-hybridized carbons (Fsp3) is 0.838. The van der Waals surface area contributed by atoms with E-state index in [0.717, 1.165) is 51.4 Å². The van der Waals surface area contributed by atoms with Gasteiger partial charge in [-0.15, -0.1) is 0 Å². The molecule has 0 aromatic rings. The highest BCUT2D eigenvalue weighted by Gasteiger charge is 2.51. The average Bonchev–Trinajstić information content (AvgIpc) is 3.53. The van der Waals surface area contributed by atoms with E-state index < -0.39 is 86.8 Å². The van der Waals surface area contributed by atoms with Gasteiger partial charge in [0, 0.05) is 6.42 Å². The van der Waals surface area contributed by atoms with Crippen molar-refractivity contribution in [1.82, 2.24) is 5.32 Å². The predicted molar refractivity (Wildman–Crippen MR) is 332 cm³/mol. The van der Waals surface area contributed by atoms with Gasteiger partial charge in [-0.05, 0) is 38.5 Å². The number of aliphatic hydroxyl groups is 8. The number of nitrogens with one attached hydrogen (secondary N) is 1. The first kappa shape index (κ1) is 75.8. The highest BCUT2D eigenvalue weighted by atomic mass is 16.7. The van der Waals surface area contributed by atoms with Crippen LogP contribution in [-0.2, 0) is 23.7 Å². The summed E-state index contributed by atoms with van der Waals surface area (Å²) in [6, 6.07) is -0.887. The van der Waals surface area contributed by atoms with E-state index in [2.05, 4.69) is 61.7 Å². The first-order valence-corrected chi connectivity index (χ1v) is 33.5. The van der Waals surface area contributed by atoms with Gasteiger partial charge in [-0.25, -0.2) is 0 Å². The van der Waals surface area contributed by atoms with Gasteiger partial charge in [0.2, 0.25) is 5.91 Å². The van der Waals surface area contributed by atoms with Crippen molar-refractivity contribution in [1.29, 1.82) is 0 Å². The zero-order valence-electron chi connectivity index (χ0n) is 51.7. The maximum absolute atomic E-state index is 13.2. The normalized spacial score (nSPS) is 24.3. The lowest BCUT2D eigenvalue weighted by Gasteiger charge is -2.46. The largest absolute Gasteiger partial charge is 0.394 e. The van der Waals surface area contributed by atoms with Crippen molar-refractivity contribution in [3.63, 3.8) is 0 Å². The fourth-order valence-electron chi connectivity index (χ4n) is 11.0. The van der Waals surface area contributed by atoms with Crippen LogP contribution in [-0.4, -0.2) is 140 Å². The number of amides is 1. The molecular weight excluding hydrogens is 1040 g/mol. The van der Waals surface area contributed by atoms with Gasteiger partial charge < -0.3 is 65.1 Å². The van der Waals surface area contributed by atoms with Gasteiger partial charge in [0.1, 0.15) is 48.8 Å². The van der Waals surface area contributed by atoms with Gasteiger partial charge in [0.05, 0.1) is 32.0 Å². The van der Waals surface area contributed by atoms with E-state index in [1.165, 1.54) is 186 Å². The van der Waals surface area contributed by atoms with Crippen LogP contribution in [0.1, 0.15) is 271 Å². The van der Waals surface area contributed by atoms with Crippen LogP contribution in [0.5, 0.6) is 0 Å². The summed E-state index contributed by atoms with van der Waals surface area (Å²) in [5.41, 5.74) is 0. The Morgan fingerprint density at radius 1 is 0.439 bits per heavy atom. The summed E-state index contributed by atoms with van der Waals surface area (Å²) in [4.78, 5) is 13.2. The number of allylic oxidation sites excluding steroid dienone is 9. The summed E-state index contributed by atoms with van der Waals surface area (Å²) in [5, 5.41) is 87.3. The molecule has 0 aromatic heterocycles. The molecule has 0 aromatic carbocycles. The third-order valence-corrected chi connectivity index (χ3v) is 16.3. The van der Waals surface area contributed by atoms with Crippen LogP contribution in [0.4, 0.5) is 0 Å². The van der Waals surface area contributed by atoms with Gasteiger partial charge >= 0.3 is 0 Å². The van der Waals surface area contributed by atoms with Gasteiger partial charge in [0.25, 0.3) is 0 Å². The van der Waals surface area contributed by atoms with Crippen molar-refractivity contribution < 1.29 is 64.6 Å². The number of carbonyl (C=O) groups is 1. The number of hydrogen-bond donors (Lipinski definition) is 9. The summed E-state index contributed by atoms with van der Waals surface area (Å²) in [6.07, 6.45) is 52.9. The van der Waals surface area contributed by atoms with Gasteiger partial charge in [-0.2, -0.15) is 0 Å². The Labute approximate surface area is 498 Å². The first-order chi connectivity index (χ1) is 40.1. The quantitative estimate of drug-likeness (QED) is 0.0204. The topological polar surface area (TPSA) is 228 Å². The molecule has 478 valence electrons. The van der Waals surface area contributed by atoms with E-state index in [0.29, 0.717) is 12.8 Å². The summed E-state index contributed by atoms with van der Waals surface area (Å²) in [7, 11) is 0. The minimum absolute atomic E-state index is 0.0707. The van der Waals surface area contributed by atoms with Crippen LogP contribution in [0, 0.1) is 0 Å². The zero-order valence-corrected chi connectivity index (χ0v) is 51.7. The Morgan fingerprint density at radius 3 is 1.18 bits per heavy atom. The second-order valence-corrected chi connectivity index (χ2v) is 23.6. The Morgan fingerprint density at radius 2 is 0.793 bits per heavy atom. The monoisotopic (exact) mass is 1160 g/mol. The van der Waals surface area contributed by atoms with Gasteiger partial charge in [-0.3, -0.25) is 4.79 Å². The van der Waals surface area contributed by atoms with Gasteiger partial charge in [0.15, 0.2) is 12.6 Å². The lowest BCUT2D eigenvalue weighted by molar-refractivity contribution is -0.359. The smallest absolute Gasteiger partial charge is 0.224 e. The highest BCUT2D eigenvalue weighted by molar-refractivity contribution is 5.77. The van der Waals surface area contributed by atoms with Crippen LogP contribution in [0.15, 0.2) is 60.8 Å². The second-order valence-electron chi connectivity index (χ2n) is 23.6. The summed E-state index contributed by atoms with van der Waals surface area (Å²) < 4.78 is 22.8. The van der Waals surface area contributed by atoms with Gasteiger partial charge in [-0.1, -0.05) is 286 Å². The molecule has 12 atom stereocenters. The molecule has 0 radical (unpaired) electrons. The molecule has 2 aliphatic heterocycles. The molecule has 82 heavy (non-hydrogen) atoms. The molecule has 2 fully saturated rings. The molecule has 2 aliphatic rings. The van der Waals surface area contributed by atoms with E-state index >= 15 is 0 Å². The minimum atomic E-state index is -1.79. The number of aliphatic hydroxyl groups excluding tert-OH is 8. The molecular formula is C68H123NO13. The van der Waals surface area contributed by atoms with E-state index in [9.17, 15) is 45.6 Å². The lowest BCUT2D eigenvalue weighted by Crippen LogP contribution is -2.65. The number of ether oxygens (including phenoxy) is 4. The van der Waals surface area contributed by atoms with Crippen LogP contribution in [0.2, 0.25) is 0 Å². The Bertz CT molecular complexity index is 1610. The molecule has 0 bridgehead atoms. The molecule has 0 saturated carbocycles. The third kappa shape index (κ3) is 37.3. The number of rotatable bonds is 54. The van der Waals surface area contributed by atoms with E-state index in [4.69, 9.17) is 18.9 Å². The molecule has 1 amide bonds. The van der Waals surface area contributed by atoms with Crippen molar-refractivity contribution in [3.05, 3.63) is 60.8 Å². The summed E-state index contributed by atoms with van der Waals surface area (Å²) in [5.74, 6) is -0.332. The number of hydrogen-bond acceptors (Lipinski definition) is 13. The predicted octanol–water partition coefficient (Wildman–Crippen LogP) is 12.9. The van der Waals surface area contributed by atoms with E-state index in [-0.39, 0.29) is 18.9 Å². The molecule has 9 N–H and O–H groups in total. The fourth-order valence-corrected chi connectivity index (χ4v) is 11.0. The lowest BCUT2D eigenvalue weighted by atomic mass is 9.97. The zero-order chi connectivity index (χ0) is 59.5. The molecule has 0 spiro atoms. The van der Waals surface area contributed by atoms with E-state index in [1.54, 1.807) is 6.08 Å². The van der Waals surface area contributed by atoms with E-state index in [1.807, 2.05) is 12.2 Å². The molecule has 14 heteroatoms. The maximum atomic E-state index is 13.2. The standard InChI is InChI=1S/C68H123NO13/c1-3-5-7-9-11-13-15-17-19-20-21-22-23-24-25-26-27-28-29-30-31-32-33-34-35-36-38-39-41-43-45-47-49-51-57(72)56(69-60(73)52-50-48-46-44-42-40-37-18-16-14-12-10-8-6-4-2)55-79-67-65(78)63(76)66(59(54-71)81-67)82-68-64(77)62(75)61(74)58(53-70)80-68/h6,8,12,14,18,37,42,44,48,50,56-59,61-68,70-72,74-78H,3-5,7,9-11,13,15-17,19-36,38-41,43,45-47,49,51-55H2,1-2H3,(H,69,73)/b8-6-,14-12-,37-18-,44-42-,50-48-. The molecule has 12 unspecified atom stereocenters. The van der Waals surface area contributed by atoms with Crippen molar-refractivity contribution in [3.8, 4) is 0 Å². The minimum Gasteiger partial charge on any atom is -0.394 e. The third-order valence-electron chi connectivity index (χ3n) is 16.3. The van der Waals surface area contributed by atoms with Crippen LogP contribution in [0.3, 0.4) is 0 Å². The van der Waals surface area contributed by atoms with Crippen molar-refractivity contribution in [2.45, 2.75) is 344 Å². The second kappa shape index (κ2) is 53.0. The summed E-state index contributed by atoms with van der Waals surface area (Å²) >= 11 is 0. The Hall–Kier alpha value is -2.31. The maximum Gasteiger partial charge on any atom is 0.224 e. The number of carbonyl (C=O) groups excluding carboxylic acids is 1. The molecule has 2 saturated heterocycles. The molecule has 14 nitrogen and oxygen atoms in total. The highest BCUT2D eigenvalue weighted by Crippen LogP contribution is 2.30. The molecule has 2 heterocycles. The van der Waals surface area contributed by atoms with Crippen molar-refractivity contribution >= 4 is 5.91 Å². The number of unbranched alkanes of at least 4 members (excludes halogenated alkanes) is 32. The molecule has 0 aliphatic carbocycles. The molecule has 2 rings (SSSR count). The Balaban J connectivity index is 1.65. The Kier molecular flexibility index (Phi) is 49.0. The average molecular weight is 1160 g/mol. The van der Waals surface area contributed by atoms with Crippen molar-refractivity contribution in [2.75, 3.05) is 19.8 Å². The van der Waals surface area contributed by atoms with Crippen molar-refractivity contribution in [2.24, 2.45) is 0 Å². The first-order valence-electron chi connectivity index (χ1n) is 33.5. The van der Waals surface area contributed by atoms with Crippen LogP contribution in [0.25, 0.3) is 0 Å². The summed E-state index contributed by atoms with van der Waals surface area (Å²) in [6.45, 7) is 2.70. The SMILES string of the molecule is CC/C=C\C/C=C\C/C=C\C/C=C\C/C=C\CC(=O)NC(COC1OC(CO)C(OC2OC(CO)C(O)C(O)C2O)C(O)C1O)C(O)CCCCCCCCCCCCCCCCCCCCCCCCCCCCCCCCCCC.